The topological polar surface area (TPSA) is 57.3 Å². The first kappa shape index (κ1) is 17.3. The number of hydrogen-bond acceptors (Lipinski definition) is 4. The van der Waals surface area contributed by atoms with Crippen LogP contribution in [0.3, 0.4) is 0 Å². The predicted octanol–water partition coefficient (Wildman–Crippen LogP) is 3.50. The van der Waals surface area contributed by atoms with Gasteiger partial charge in [0.15, 0.2) is 5.13 Å². The highest BCUT2D eigenvalue weighted by atomic mass is 32.1. The number of benzene rings is 1. The van der Waals surface area contributed by atoms with Gasteiger partial charge in [0, 0.05) is 36.8 Å². The number of urea groups is 1. The standard InChI is InChI=1S/C19H23FN4OS/c20-17-4-2-1-3-16(17)13-11-15(12-13)23-18(25)22-14-5-8-24(9-6-14)19-21-7-10-26-19/h1-4,7,10,13-15H,5-6,8-9,11-12H2,(H2,22,23,25). The monoisotopic (exact) mass is 374 g/mol. The molecule has 2 aliphatic rings. The smallest absolute Gasteiger partial charge is 0.315 e. The number of carbonyl (C=O) groups excluding carboxylic acids is 1. The summed E-state index contributed by atoms with van der Waals surface area (Å²) in [6, 6.07) is 7.15. The van der Waals surface area contributed by atoms with Gasteiger partial charge < -0.3 is 15.5 Å². The lowest BCUT2D eigenvalue weighted by atomic mass is 9.76. The van der Waals surface area contributed by atoms with Crippen LogP contribution in [0.1, 0.15) is 37.2 Å². The predicted molar refractivity (Wildman–Crippen MR) is 101 cm³/mol. The van der Waals surface area contributed by atoms with Crippen molar-refractivity contribution in [3.8, 4) is 0 Å². The van der Waals surface area contributed by atoms with E-state index in [-0.39, 0.29) is 29.8 Å². The highest BCUT2D eigenvalue weighted by Gasteiger charge is 2.33. The number of amides is 2. The van der Waals surface area contributed by atoms with E-state index < -0.39 is 0 Å². The normalized spacial score (nSPS) is 23.3. The Bertz CT molecular complexity index is 740. The maximum atomic E-state index is 13.8. The van der Waals surface area contributed by atoms with Crippen LogP contribution in [0.4, 0.5) is 14.3 Å². The molecule has 1 saturated heterocycles. The molecule has 1 aromatic carbocycles. The SMILES string of the molecule is O=C(NC1CCN(c2nccs2)CC1)NC1CC(c2ccccc2F)C1. The van der Waals surface area contributed by atoms with Crippen LogP contribution < -0.4 is 15.5 Å². The van der Waals surface area contributed by atoms with Gasteiger partial charge in [0.1, 0.15) is 5.82 Å². The summed E-state index contributed by atoms with van der Waals surface area (Å²) in [6.45, 7) is 1.83. The van der Waals surface area contributed by atoms with E-state index >= 15 is 0 Å². The molecule has 1 aromatic heterocycles. The summed E-state index contributed by atoms with van der Waals surface area (Å²) < 4.78 is 13.8. The maximum absolute atomic E-state index is 13.8. The summed E-state index contributed by atoms with van der Waals surface area (Å²) in [5.74, 6) is 0.0652. The largest absolute Gasteiger partial charge is 0.348 e. The van der Waals surface area contributed by atoms with Gasteiger partial charge in [-0.05, 0) is 43.2 Å². The third-order valence-corrected chi connectivity index (χ3v) is 6.17. The molecule has 2 fully saturated rings. The Morgan fingerprint density at radius 3 is 2.58 bits per heavy atom. The van der Waals surface area contributed by atoms with Gasteiger partial charge >= 0.3 is 6.03 Å². The first-order valence-corrected chi connectivity index (χ1v) is 10.0. The van der Waals surface area contributed by atoms with Crippen molar-refractivity contribution >= 4 is 22.5 Å². The van der Waals surface area contributed by atoms with Gasteiger partial charge in [-0.15, -0.1) is 11.3 Å². The first-order valence-electron chi connectivity index (χ1n) is 9.15. The van der Waals surface area contributed by atoms with Crippen LogP contribution in [0.5, 0.6) is 0 Å². The second-order valence-corrected chi connectivity index (χ2v) is 7.95. The molecular formula is C19H23FN4OS. The van der Waals surface area contributed by atoms with Crippen LogP contribution in [0.25, 0.3) is 0 Å². The number of aromatic nitrogens is 1. The van der Waals surface area contributed by atoms with E-state index in [1.165, 1.54) is 6.07 Å². The zero-order valence-corrected chi connectivity index (χ0v) is 15.3. The van der Waals surface area contributed by atoms with Gasteiger partial charge in [-0.1, -0.05) is 18.2 Å². The van der Waals surface area contributed by atoms with Crippen molar-refractivity contribution in [2.75, 3.05) is 18.0 Å². The van der Waals surface area contributed by atoms with Gasteiger partial charge in [-0.25, -0.2) is 14.2 Å². The number of halogens is 1. The fourth-order valence-corrected chi connectivity index (χ4v) is 4.49. The summed E-state index contributed by atoms with van der Waals surface area (Å²) in [4.78, 5) is 18.8. The van der Waals surface area contributed by atoms with Gasteiger partial charge in [0.2, 0.25) is 0 Å². The van der Waals surface area contributed by atoms with Crippen molar-refractivity contribution in [2.24, 2.45) is 0 Å². The molecule has 0 spiro atoms. The lowest BCUT2D eigenvalue weighted by molar-refractivity contribution is 0.216. The number of carbonyl (C=O) groups is 1. The van der Waals surface area contributed by atoms with E-state index in [4.69, 9.17) is 0 Å². The van der Waals surface area contributed by atoms with Crippen molar-refractivity contribution in [1.82, 2.24) is 15.6 Å². The van der Waals surface area contributed by atoms with Crippen molar-refractivity contribution in [1.29, 1.82) is 0 Å². The average Bonchev–Trinajstić information content (AvgIpc) is 3.14. The molecular weight excluding hydrogens is 351 g/mol. The van der Waals surface area contributed by atoms with E-state index in [1.807, 2.05) is 23.7 Å². The second-order valence-electron chi connectivity index (χ2n) is 7.08. The summed E-state index contributed by atoms with van der Waals surface area (Å²) in [5.41, 5.74) is 0.764. The molecule has 2 aromatic rings. The van der Waals surface area contributed by atoms with Crippen LogP contribution in [-0.2, 0) is 0 Å². The van der Waals surface area contributed by atoms with Gasteiger partial charge in [-0.3, -0.25) is 0 Å². The number of anilines is 1. The highest BCUT2D eigenvalue weighted by molar-refractivity contribution is 7.13. The van der Waals surface area contributed by atoms with Gasteiger partial charge in [0.25, 0.3) is 0 Å². The second kappa shape index (κ2) is 7.61. The molecule has 26 heavy (non-hydrogen) atoms. The molecule has 0 bridgehead atoms. The zero-order chi connectivity index (χ0) is 17.9. The molecule has 4 rings (SSSR count). The Hall–Kier alpha value is -2.15. The molecule has 0 radical (unpaired) electrons. The number of nitrogens with one attached hydrogen (secondary N) is 2. The third-order valence-electron chi connectivity index (χ3n) is 5.34. The molecule has 1 aliphatic heterocycles. The van der Waals surface area contributed by atoms with Gasteiger partial charge in [-0.2, -0.15) is 0 Å². The average molecular weight is 374 g/mol. The van der Waals surface area contributed by atoms with Crippen molar-refractivity contribution in [3.63, 3.8) is 0 Å². The van der Waals surface area contributed by atoms with E-state index in [2.05, 4.69) is 20.5 Å². The summed E-state index contributed by atoms with van der Waals surface area (Å²) in [5, 5.41) is 9.15. The quantitative estimate of drug-likeness (QED) is 0.861. The van der Waals surface area contributed by atoms with Crippen LogP contribution in [0, 0.1) is 5.82 Å². The van der Waals surface area contributed by atoms with Crippen molar-refractivity contribution in [2.45, 2.75) is 43.7 Å². The fraction of sp³-hybridized carbons (Fsp3) is 0.474. The van der Waals surface area contributed by atoms with Gasteiger partial charge in [0.05, 0.1) is 0 Å². The van der Waals surface area contributed by atoms with Crippen LogP contribution in [-0.4, -0.2) is 36.2 Å². The number of thiazole rings is 1. The molecule has 138 valence electrons. The molecule has 1 aliphatic carbocycles. The zero-order valence-electron chi connectivity index (χ0n) is 14.5. The molecule has 1 saturated carbocycles. The summed E-state index contributed by atoms with van der Waals surface area (Å²) >= 11 is 1.65. The van der Waals surface area contributed by atoms with Crippen molar-refractivity contribution < 1.29 is 9.18 Å². The Balaban J connectivity index is 1.18. The molecule has 0 unspecified atom stereocenters. The van der Waals surface area contributed by atoms with E-state index in [0.717, 1.165) is 49.5 Å². The van der Waals surface area contributed by atoms with Crippen LogP contribution in [0.2, 0.25) is 0 Å². The molecule has 2 amide bonds. The van der Waals surface area contributed by atoms with Crippen LogP contribution in [0.15, 0.2) is 35.8 Å². The maximum Gasteiger partial charge on any atom is 0.315 e. The Morgan fingerprint density at radius 1 is 1.15 bits per heavy atom. The number of nitrogens with zero attached hydrogens (tertiary/aromatic N) is 2. The van der Waals surface area contributed by atoms with E-state index in [9.17, 15) is 9.18 Å². The number of hydrogen-bond donors (Lipinski definition) is 2. The molecule has 0 atom stereocenters. The molecule has 5 nitrogen and oxygen atoms in total. The molecule has 2 heterocycles. The summed E-state index contributed by atoms with van der Waals surface area (Å²) in [6.07, 6.45) is 5.28. The van der Waals surface area contributed by atoms with Crippen molar-refractivity contribution in [3.05, 3.63) is 47.2 Å². The van der Waals surface area contributed by atoms with Crippen LogP contribution >= 0.6 is 11.3 Å². The highest BCUT2D eigenvalue weighted by Crippen LogP contribution is 2.37. The molecule has 7 heteroatoms. The fourth-order valence-electron chi connectivity index (χ4n) is 3.80. The lowest BCUT2D eigenvalue weighted by Crippen LogP contribution is -2.52. The minimum atomic E-state index is -0.146. The van der Waals surface area contributed by atoms with E-state index in [1.54, 1.807) is 17.4 Å². The Kier molecular flexibility index (Phi) is 5.06. The number of rotatable bonds is 4. The Morgan fingerprint density at radius 2 is 1.88 bits per heavy atom. The first-order chi connectivity index (χ1) is 12.7. The minimum Gasteiger partial charge on any atom is -0.348 e. The minimum absolute atomic E-state index is 0.102. The third kappa shape index (κ3) is 3.82. The lowest BCUT2D eigenvalue weighted by Gasteiger charge is -2.37. The number of piperidine rings is 1. The Labute approximate surface area is 156 Å². The van der Waals surface area contributed by atoms with E-state index in [0.29, 0.717) is 0 Å². The molecule has 2 N–H and O–H groups in total. The summed E-state index contributed by atoms with van der Waals surface area (Å²) in [7, 11) is 0.